The van der Waals surface area contributed by atoms with E-state index < -0.39 is 0 Å². The van der Waals surface area contributed by atoms with Gasteiger partial charge in [-0.3, -0.25) is 0 Å². The lowest BCUT2D eigenvalue weighted by Crippen LogP contribution is -1.95. The molecule has 0 saturated heterocycles. The first-order valence-corrected chi connectivity index (χ1v) is 5.93. The van der Waals surface area contributed by atoms with Crippen molar-refractivity contribution in [3.05, 3.63) is 46.7 Å². The topological polar surface area (TPSA) is 17.8 Å². The predicted octanol–water partition coefficient (Wildman–Crippen LogP) is 3.51. The van der Waals surface area contributed by atoms with Crippen molar-refractivity contribution in [3.8, 4) is 5.69 Å². The van der Waals surface area contributed by atoms with Crippen LogP contribution in [0.3, 0.4) is 0 Å². The van der Waals surface area contributed by atoms with E-state index in [1.165, 1.54) is 22.9 Å². The lowest BCUT2D eigenvalue weighted by molar-refractivity contribution is 0.877. The van der Waals surface area contributed by atoms with E-state index in [1.54, 1.807) is 6.20 Å². The molecule has 3 rings (SSSR count). The Kier molecular flexibility index (Phi) is 2.13. The molecule has 1 aliphatic carbocycles. The zero-order valence-electron chi connectivity index (χ0n) is 8.23. The molecule has 0 bridgehead atoms. The average Bonchev–Trinajstić information content (AvgIpc) is 2.93. The molecule has 2 nitrogen and oxygen atoms in total. The van der Waals surface area contributed by atoms with Crippen LogP contribution in [-0.4, -0.2) is 9.78 Å². The normalized spacial score (nSPS) is 15.5. The van der Waals surface area contributed by atoms with Crippen LogP contribution in [0.1, 0.15) is 24.3 Å². The van der Waals surface area contributed by atoms with E-state index in [9.17, 15) is 0 Å². The predicted molar refractivity (Wildman–Crippen MR) is 63.2 cm³/mol. The maximum Gasteiger partial charge on any atom is 0.0656 e. The number of benzene rings is 1. The second-order valence-electron chi connectivity index (χ2n) is 3.93. The van der Waals surface area contributed by atoms with Crippen LogP contribution in [0.4, 0.5) is 0 Å². The Morgan fingerprint density at radius 2 is 2.20 bits per heavy atom. The zero-order valence-corrected chi connectivity index (χ0v) is 9.81. The molecule has 0 unspecified atom stereocenters. The summed E-state index contributed by atoms with van der Waals surface area (Å²) in [6, 6.07) is 8.41. The molecule has 1 aliphatic rings. The van der Waals surface area contributed by atoms with Crippen molar-refractivity contribution >= 4 is 15.9 Å². The summed E-state index contributed by atoms with van der Waals surface area (Å²) in [5.41, 5.74) is 2.54. The van der Waals surface area contributed by atoms with Crippen molar-refractivity contribution in [2.45, 2.75) is 18.8 Å². The Labute approximate surface area is 97.1 Å². The SMILES string of the molecule is Brc1cc(-n2cccn2)ccc1C1CC1. The van der Waals surface area contributed by atoms with Crippen molar-refractivity contribution in [2.24, 2.45) is 0 Å². The van der Waals surface area contributed by atoms with Gasteiger partial charge in [-0.2, -0.15) is 5.10 Å². The Hall–Kier alpha value is -1.09. The van der Waals surface area contributed by atoms with Crippen molar-refractivity contribution in [3.63, 3.8) is 0 Å². The first kappa shape index (κ1) is 9.16. The van der Waals surface area contributed by atoms with Gasteiger partial charge in [0.05, 0.1) is 5.69 Å². The molecule has 0 radical (unpaired) electrons. The van der Waals surface area contributed by atoms with Crippen LogP contribution in [0.15, 0.2) is 41.1 Å². The fourth-order valence-corrected chi connectivity index (χ4v) is 2.50. The second-order valence-corrected chi connectivity index (χ2v) is 4.79. The molecule has 1 fully saturated rings. The van der Waals surface area contributed by atoms with Gasteiger partial charge in [0.2, 0.25) is 0 Å². The van der Waals surface area contributed by atoms with Crippen molar-refractivity contribution in [1.29, 1.82) is 0 Å². The van der Waals surface area contributed by atoms with Crippen LogP contribution in [0.2, 0.25) is 0 Å². The van der Waals surface area contributed by atoms with Gasteiger partial charge >= 0.3 is 0 Å². The summed E-state index contributed by atoms with van der Waals surface area (Å²) < 4.78 is 3.08. The minimum absolute atomic E-state index is 0.783. The monoisotopic (exact) mass is 262 g/mol. The number of halogens is 1. The van der Waals surface area contributed by atoms with Gasteiger partial charge in [-0.25, -0.2) is 4.68 Å². The number of hydrogen-bond acceptors (Lipinski definition) is 1. The lowest BCUT2D eigenvalue weighted by atomic mass is 10.1. The van der Waals surface area contributed by atoms with Gasteiger partial charge in [0.25, 0.3) is 0 Å². The van der Waals surface area contributed by atoms with E-state index >= 15 is 0 Å². The van der Waals surface area contributed by atoms with E-state index in [2.05, 4.69) is 39.2 Å². The van der Waals surface area contributed by atoms with Crippen molar-refractivity contribution < 1.29 is 0 Å². The number of aromatic nitrogens is 2. The van der Waals surface area contributed by atoms with Gasteiger partial charge in [0.15, 0.2) is 0 Å². The van der Waals surface area contributed by atoms with Crippen LogP contribution in [0, 0.1) is 0 Å². The van der Waals surface area contributed by atoms with Crippen LogP contribution in [0.25, 0.3) is 5.69 Å². The molecule has 0 aliphatic heterocycles. The molecule has 0 N–H and O–H groups in total. The number of nitrogens with zero attached hydrogens (tertiary/aromatic N) is 2. The third-order valence-corrected chi connectivity index (χ3v) is 3.46. The van der Waals surface area contributed by atoms with Gasteiger partial charge in [0, 0.05) is 16.9 Å². The summed E-state index contributed by atoms with van der Waals surface area (Å²) in [6.07, 6.45) is 6.42. The van der Waals surface area contributed by atoms with Crippen LogP contribution < -0.4 is 0 Å². The highest BCUT2D eigenvalue weighted by Gasteiger charge is 2.25. The summed E-state index contributed by atoms with van der Waals surface area (Å²) >= 11 is 3.63. The second kappa shape index (κ2) is 3.49. The molecule has 0 spiro atoms. The molecule has 2 aromatic rings. The van der Waals surface area contributed by atoms with Gasteiger partial charge in [-0.15, -0.1) is 0 Å². The van der Waals surface area contributed by atoms with Crippen molar-refractivity contribution in [2.75, 3.05) is 0 Å². The Morgan fingerprint density at radius 1 is 1.33 bits per heavy atom. The molecule has 1 saturated carbocycles. The number of rotatable bonds is 2. The van der Waals surface area contributed by atoms with Gasteiger partial charge in [-0.05, 0) is 42.5 Å². The highest BCUT2D eigenvalue weighted by Crippen LogP contribution is 2.43. The van der Waals surface area contributed by atoms with E-state index in [1.807, 2.05) is 16.9 Å². The minimum atomic E-state index is 0.783. The van der Waals surface area contributed by atoms with E-state index in [-0.39, 0.29) is 0 Å². The Balaban J connectivity index is 2.01. The summed E-state index contributed by atoms with van der Waals surface area (Å²) in [5, 5.41) is 4.21. The van der Waals surface area contributed by atoms with E-state index in [0.29, 0.717) is 0 Å². The van der Waals surface area contributed by atoms with Crippen LogP contribution in [0.5, 0.6) is 0 Å². The quantitative estimate of drug-likeness (QED) is 0.810. The maximum atomic E-state index is 4.21. The van der Waals surface area contributed by atoms with Gasteiger partial charge < -0.3 is 0 Å². The molecule has 1 aromatic heterocycles. The minimum Gasteiger partial charge on any atom is -0.241 e. The molecular formula is C12H11BrN2. The highest BCUT2D eigenvalue weighted by atomic mass is 79.9. The van der Waals surface area contributed by atoms with Gasteiger partial charge in [0.1, 0.15) is 0 Å². The van der Waals surface area contributed by atoms with E-state index in [0.717, 1.165) is 11.6 Å². The molecule has 76 valence electrons. The van der Waals surface area contributed by atoms with Crippen molar-refractivity contribution in [1.82, 2.24) is 9.78 Å². The fourth-order valence-electron chi connectivity index (χ4n) is 1.81. The van der Waals surface area contributed by atoms with Gasteiger partial charge in [-0.1, -0.05) is 22.0 Å². The standard InChI is InChI=1S/C12H11BrN2/c13-12-8-10(15-7-1-6-14-15)4-5-11(12)9-2-3-9/h1,4-9H,2-3H2. The molecule has 0 amide bonds. The third kappa shape index (κ3) is 1.72. The van der Waals surface area contributed by atoms with Crippen LogP contribution in [-0.2, 0) is 0 Å². The zero-order chi connectivity index (χ0) is 10.3. The molecule has 3 heteroatoms. The molecule has 1 heterocycles. The Morgan fingerprint density at radius 3 is 2.80 bits per heavy atom. The lowest BCUT2D eigenvalue weighted by Gasteiger charge is -2.06. The fraction of sp³-hybridized carbons (Fsp3) is 0.250. The van der Waals surface area contributed by atoms with Crippen LogP contribution >= 0.6 is 15.9 Å². The largest absolute Gasteiger partial charge is 0.241 e. The maximum absolute atomic E-state index is 4.21. The molecule has 15 heavy (non-hydrogen) atoms. The first-order valence-electron chi connectivity index (χ1n) is 5.14. The molecular weight excluding hydrogens is 252 g/mol. The summed E-state index contributed by atoms with van der Waals surface area (Å²) in [7, 11) is 0. The molecule has 1 aromatic carbocycles. The smallest absolute Gasteiger partial charge is 0.0656 e. The average molecular weight is 263 g/mol. The summed E-state index contributed by atoms with van der Waals surface area (Å²) in [4.78, 5) is 0. The first-order chi connectivity index (χ1) is 7.34. The highest BCUT2D eigenvalue weighted by molar-refractivity contribution is 9.10. The molecule has 0 atom stereocenters. The summed E-state index contributed by atoms with van der Waals surface area (Å²) in [5.74, 6) is 0.783. The number of hydrogen-bond donors (Lipinski definition) is 0. The third-order valence-electron chi connectivity index (χ3n) is 2.77. The summed E-state index contributed by atoms with van der Waals surface area (Å²) in [6.45, 7) is 0. The Bertz CT molecular complexity index is 472. The van der Waals surface area contributed by atoms with E-state index in [4.69, 9.17) is 0 Å².